The van der Waals surface area contributed by atoms with Gasteiger partial charge in [0.2, 0.25) is 5.91 Å². The smallest absolute Gasteiger partial charge is 0.223 e. The number of rotatable bonds is 7. The topological polar surface area (TPSA) is 56.6 Å². The molecule has 1 amide bonds. The van der Waals surface area contributed by atoms with Crippen LogP contribution in [-0.4, -0.2) is 46.5 Å². The Balaban J connectivity index is 1.60. The van der Waals surface area contributed by atoms with Gasteiger partial charge in [0.1, 0.15) is 5.75 Å². The lowest BCUT2D eigenvalue weighted by molar-refractivity contribution is -0.133. The van der Waals surface area contributed by atoms with Gasteiger partial charge in [0.25, 0.3) is 0 Å². The fourth-order valence-corrected chi connectivity index (χ4v) is 3.27. The van der Waals surface area contributed by atoms with Crippen LogP contribution >= 0.6 is 0 Å². The number of aromatic nitrogens is 2. The van der Waals surface area contributed by atoms with Crippen molar-refractivity contribution < 1.29 is 14.3 Å². The Hall–Kier alpha value is -2.34. The maximum Gasteiger partial charge on any atom is 0.223 e. The maximum absolute atomic E-state index is 12.8. The number of fused-ring (bicyclic) bond motifs is 1. The molecule has 0 radical (unpaired) electrons. The summed E-state index contributed by atoms with van der Waals surface area (Å²) in [4.78, 5) is 14.7. The second-order valence-corrected chi connectivity index (χ2v) is 6.43. The van der Waals surface area contributed by atoms with Gasteiger partial charge in [0.15, 0.2) is 0 Å². The molecule has 3 rings (SSSR count). The van der Waals surface area contributed by atoms with E-state index in [1.54, 1.807) is 6.20 Å². The highest BCUT2D eigenvalue weighted by molar-refractivity contribution is 5.76. The third-order valence-corrected chi connectivity index (χ3v) is 4.57. The van der Waals surface area contributed by atoms with E-state index >= 15 is 0 Å². The fourth-order valence-electron chi connectivity index (χ4n) is 3.27. The largest absolute Gasteiger partial charge is 0.494 e. The predicted molar refractivity (Wildman–Crippen MR) is 99.0 cm³/mol. The summed E-state index contributed by atoms with van der Waals surface area (Å²) in [6, 6.07) is 9.94. The van der Waals surface area contributed by atoms with Crippen LogP contribution in [0.5, 0.6) is 5.75 Å². The van der Waals surface area contributed by atoms with E-state index in [0.29, 0.717) is 39.3 Å². The number of amides is 1. The lowest BCUT2D eigenvalue weighted by atomic mass is 10.1. The molecule has 1 aromatic heterocycles. The van der Waals surface area contributed by atoms with Crippen molar-refractivity contribution in [3.8, 4) is 5.75 Å². The van der Waals surface area contributed by atoms with Gasteiger partial charge in [0, 0.05) is 25.8 Å². The molecule has 0 unspecified atom stereocenters. The molecule has 1 aromatic carbocycles. The number of benzene rings is 1. The number of aryl methyl sites for hydroxylation is 1. The monoisotopic (exact) mass is 357 g/mol. The second kappa shape index (κ2) is 8.85. The first-order chi connectivity index (χ1) is 12.7. The summed E-state index contributed by atoms with van der Waals surface area (Å²) >= 11 is 0. The van der Waals surface area contributed by atoms with Crippen LogP contribution in [-0.2, 0) is 29.0 Å². The minimum absolute atomic E-state index is 0.0180. The van der Waals surface area contributed by atoms with Crippen LogP contribution in [0.1, 0.15) is 31.5 Å². The first kappa shape index (κ1) is 18.5. The van der Waals surface area contributed by atoms with E-state index < -0.39 is 0 Å². The summed E-state index contributed by atoms with van der Waals surface area (Å²) in [6.45, 7) is 7.13. The highest BCUT2D eigenvalue weighted by Crippen LogP contribution is 2.17. The molecule has 2 heterocycles. The van der Waals surface area contributed by atoms with Gasteiger partial charge in [0.05, 0.1) is 31.5 Å². The molecule has 0 saturated carbocycles. The number of ether oxygens (including phenoxy) is 2. The lowest BCUT2D eigenvalue weighted by Gasteiger charge is -2.24. The molecular weight excluding hydrogens is 330 g/mol. The Bertz CT molecular complexity index is 711. The van der Waals surface area contributed by atoms with Crippen molar-refractivity contribution in [3.63, 3.8) is 0 Å². The molecule has 0 saturated heterocycles. The maximum atomic E-state index is 12.8. The van der Waals surface area contributed by atoms with Crippen molar-refractivity contribution in [2.75, 3.05) is 19.8 Å². The van der Waals surface area contributed by atoms with E-state index in [4.69, 9.17) is 9.47 Å². The zero-order chi connectivity index (χ0) is 18.4. The number of hydrogen-bond donors (Lipinski definition) is 0. The number of hydrogen-bond acceptors (Lipinski definition) is 4. The minimum atomic E-state index is -0.0180. The molecule has 0 N–H and O–H groups in total. The molecule has 140 valence electrons. The Morgan fingerprint density at radius 3 is 2.69 bits per heavy atom. The van der Waals surface area contributed by atoms with Gasteiger partial charge >= 0.3 is 0 Å². The molecule has 6 nitrogen and oxygen atoms in total. The molecular formula is C20H27N3O3. The van der Waals surface area contributed by atoms with Crippen LogP contribution in [0.15, 0.2) is 36.5 Å². The third-order valence-electron chi connectivity index (χ3n) is 4.57. The van der Waals surface area contributed by atoms with Crippen LogP contribution in [0.4, 0.5) is 0 Å². The summed E-state index contributed by atoms with van der Waals surface area (Å²) in [7, 11) is 0. The summed E-state index contributed by atoms with van der Waals surface area (Å²) < 4.78 is 13.2. The van der Waals surface area contributed by atoms with Crippen LogP contribution in [0.3, 0.4) is 0 Å². The van der Waals surface area contributed by atoms with E-state index in [1.165, 1.54) is 0 Å². The van der Waals surface area contributed by atoms with Gasteiger partial charge < -0.3 is 14.4 Å². The fraction of sp³-hybridized carbons (Fsp3) is 0.500. The predicted octanol–water partition coefficient (Wildman–Crippen LogP) is 2.66. The van der Waals surface area contributed by atoms with E-state index in [-0.39, 0.29) is 12.0 Å². The van der Waals surface area contributed by atoms with Crippen LogP contribution in [0.2, 0.25) is 0 Å². The molecule has 6 heteroatoms. The summed E-state index contributed by atoms with van der Waals surface area (Å²) in [5, 5.41) is 4.35. The van der Waals surface area contributed by atoms with E-state index in [0.717, 1.165) is 23.4 Å². The standard InChI is InChI=1S/C20H27N3O3/c1-3-25-18-8-5-16(6-9-18)7-10-20(24)22-13-17-11-12-21-23(17)15-19(14-22)26-4-2/h5-6,8-9,11-12,19H,3-4,7,10,13-15H2,1-2H3/t19-/m0/s1. The normalized spacial score (nSPS) is 16.8. The lowest BCUT2D eigenvalue weighted by Crippen LogP contribution is -2.37. The quantitative estimate of drug-likeness (QED) is 0.764. The van der Waals surface area contributed by atoms with Gasteiger partial charge in [-0.15, -0.1) is 0 Å². The van der Waals surface area contributed by atoms with Crippen LogP contribution < -0.4 is 4.74 Å². The van der Waals surface area contributed by atoms with Crippen molar-refractivity contribution in [1.29, 1.82) is 0 Å². The van der Waals surface area contributed by atoms with Gasteiger partial charge in [-0.3, -0.25) is 9.48 Å². The average molecular weight is 357 g/mol. The summed E-state index contributed by atoms with van der Waals surface area (Å²) in [6.07, 6.45) is 2.98. The average Bonchev–Trinajstić information content (AvgIpc) is 3.00. The Morgan fingerprint density at radius 1 is 1.15 bits per heavy atom. The first-order valence-electron chi connectivity index (χ1n) is 9.31. The van der Waals surface area contributed by atoms with Crippen molar-refractivity contribution in [2.24, 2.45) is 0 Å². The SMILES string of the molecule is CCOc1ccc(CCC(=O)N2Cc3ccnn3C[C@@H](OCC)C2)cc1. The molecule has 1 aliphatic heterocycles. The van der Waals surface area contributed by atoms with Gasteiger partial charge in [-0.1, -0.05) is 12.1 Å². The Morgan fingerprint density at radius 2 is 1.96 bits per heavy atom. The molecule has 0 bridgehead atoms. The summed E-state index contributed by atoms with van der Waals surface area (Å²) in [5.74, 6) is 1.01. The molecule has 1 aliphatic rings. The van der Waals surface area contributed by atoms with Crippen molar-refractivity contribution >= 4 is 5.91 Å². The van der Waals surface area contributed by atoms with Crippen LogP contribution in [0, 0.1) is 0 Å². The number of carbonyl (C=O) groups excluding carboxylic acids is 1. The highest BCUT2D eigenvalue weighted by Gasteiger charge is 2.25. The molecule has 0 spiro atoms. The molecule has 0 fully saturated rings. The van der Waals surface area contributed by atoms with Crippen molar-refractivity contribution in [3.05, 3.63) is 47.8 Å². The molecule has 1 atom stereocenters. The van der Waals surface area contributed by atoms with E-state index in [9.17, 15) is 4.79 Å². The van der Waals surface area contributed by atoms with Crippen LogP contribution in [0.25, 0.3) is 0 Å². The third kappa shape index (κ3) is 4.64. The van der Waals surface area contributed by atoms with E-state index in [1.807, 2.05) is 53.8 Å². The molecule has 0 aliphatic carbocycles. The summed E-state index contributed by atoms with van der Waals surface area (Å²) in [5.41, 5.74) is 2.20. The van der Waals surface area contributed by atoms with Gasteiger partial charge in [-0.05, 0) is 44.0 Å². The zero-order valence-corrected chi connectivity index (χ0v) is 15.6. The second-order valence-electron chi connectivity index (χ2n) is 6.43. The van der Waals surface area contributed by atoms with E-state index in [2.05, 4.69) is 5.10 Å². The van der Waals surface area contributed by atoms with Gasteiger partial charge in [-0.2, -0.15) is 5.10 Å². The minimum Gasteiger partial charge on any atom is -0.494 e. The van der Waals surface area contributed by atoms with Crippen molar-refractivity contribution in [1.82, 2.24) is 14.7 Å². The Kier molecular flexibility index (Phi) is 6.28. The van der Waals surface area contributed by atoms with Gasteiger partial charge in [-0.25, -0.2) is 0 Å². The molecule has 26 heavy (non-hydrogen) atoms. The zero-order valence-electron chi connectivity index (χ0n) is 15.6. The number of carbonyl (C=O) groups is 1. The first-order valence-corrected chi connectivity index (χ1v) is 9.31. The van der Waals surface area contributed by atoms with Crippen molar-refractivity contribution in [2.45, 2.75) is 45.9 Å². The number of nitrogens with zero attached hydrogens (tertiary/aromatic N) is 3. The Labute approximate surface area is 154 Å². The molecule has 2 aromatic rings. The highest BCUT2D eigenvalue weighted by atomic mass is 16.5.